The molecule has 0 saturated carbocycles. The average molecular weight is 215 g/mol. The molecule has 0 radical (unpaired) electrons. The molecule has 1 aromatic carbocycles. The fourth-order valence-corrected chi connectivity index (χ4v) is 1.07. The van der Waals surface area contributed by atoms with E-state index in [0.29, 0.717) is 0 Å². The van der Waals surface area contributed by atoms with Crippen molar-refractivity contribution in [3.05, 3.63) is 41.5 Å². The van der Waals surface area contributed by atoms with E-state index in [1.807, 2.05) is 0 Å². The lowest BCUT2D eigenvalue weighted by molar-refractivity contribution is -0.137. The molecule has 0 bridgehead atoms. The fraction of sp³-hybridized carbons (Fsp3) is 0.100. The first kappa shape index (κ1) is 11.3. The fourth-order valence-electron chi connectivity index (χ4n) is 1.07. The van der Waals surface area contributed by atoms with Gasteiger partial charge >= 0.3 is 6.18 Å². The Morgan fingerprint density at radius 1 is 1.27 bits per heavy atom. The Kier molecular flexibility index (Phi) is 3.14. The van der Waals surface area contributed by atoms with Gasteiger partial charge in [0, 0.05) is 6.08 Å². The number of carbonyl (C=O) groups excluding carboxylic acids is 1. The van der Waals surface area contributed by atoms with Crippen molar-refractivity contribution in [3.63, 3.8) is 0 Å². The van der Waals surface area contributed by atoms with Gasteiger partial charge in [-0.25, -0.2) is 0 Å². The number of alkyl halides is 3. The van der Waals surface area contributed by atoms with Gasteiger partial charge in [0.05, 0.1) is 5.56 Å². The van der Waals surface area contributed by atoms with Crippen LogP contribution in [0, 0.1) is 0 Å². The first-order valence-corrected chi connectivity index (χ1v) is 4.05. The minimum absolute atomic E-state index is 0.0798. The lowest BCUT2D eigenvalue weighted by atomic mass is 10.1. The third-order valence-electron chi connectivity index (χ3n) is 1.69. The minimum Gasteiger partial charge on any atom is -0.366 e. The number of benzene rings is 1. The molecule has 1 rings (SSSR count). The van der Waals surface area contributed by atoms with Crippen LogP contribution in [-0.4, -0.2) is 5.91 Å². The third-order valence-corrected chi connectivity index (χ3v) is 1.69. The molecule has 0 fully saturated rings. The standard InChI is InChI=1S/C10H8F3NO/c11-10(12,13)8-4-2-1-3-7(8)5-6-9(14)15/h1-6H,(H2,14,15)/b6-5+. The molecular formula is C10H8F3NO. The zero-order valence-corrected chi connectivity index (χ0v) is 7.58. The summed E-state index contributed by atoms with van der Waals surface area (Å²) in [7, 11) is 0. The summed E-state index contributed by atoms with van der Waals surface area (Å²) in [5.74, 6) is -0.785. The minimum atomic E-state index is -4.43. The van der Waals surface area contributed by atoms with Crippen molar-refractivity contribution in [2.24, 2.45) is 5.73 Å². The van der Waals surface area contributed by atoms with Gasteiger partial charge in [0.2, 0.25) is 5.91 Å². The number of primary amides is 1. The van der Waals surface area contributed by atoms with Gasteiger partial charge in [0.15, 0.2) is 0 Å². The van der Waals surface area contributed by atoms with E-state index in [9.17, 15) is 18.0 Å². The Hall–Kier alpha value is -1.78. The number of hydrogen-bond acceptors (Lipinski definition) is 1. The molecule has 0 aliphatic heterocycles. The molecule has 15 heavy (non-hydrogen) atoms. The van der Waals surface area contributed by atoms with Crippen LogP contribution in [0.2, 0.25) is 0 Å². The molecule has 0 aliphatic rings. The van der Waals surface area contributed by atoms with Gasteiger partial charge in [-0.15, -0.1) is 0 Å². The first-order valence-electron chi connectivity index (χ1n) is 4.05. The van der Waals surface area contributed by atoms with Crippen LogP contribution in [0.3, 0.4) is 0 Å². The summed E-state index contributed by atoms with van der Waals surface area (Å²) in [6.07, 6.45) is -2.49. The lowest BCUT2D eigenvalue weighted by Crippen LogP contribution is -2.08. The maximum atomic E-state index is 12.4. The third kappa shape index (κ3) is 3.12. The summed E-state index contributed by atoms with van der Waals surface area (Å²) in [4.78, 5) is 10.4. The van der Waals surface area contributed by atoms with E-state index < -0.39 is 17.6 Å². The monoisotopic (exact) mass is 215 g/mol. The van der Waals surface area contributed by atoms with Gasteiger partial charge in [-0.3, -0.25) is 4.79 Å². The van der Waals surface area contributed by atoms with Crippen molar-refractivity contribution < 1.29 is 18.0 Å². The van der Waals surface area contributed by atoms with Gasteiger partial charge in [-0.05, 0) is 17.7 Å². The second-order valence-corrected chi connectivity index (χ2v) is 2.82. The summed E-state index contributed by atoms with van der Waals surface area (Å²) < 4.78 is 37.3. The van der Waals surface area contributed by atoms with Crippen LogP contribution < -0.4 is 5.73 Å². The van der Waals surface area contributed by atoms with E-state index in [0.717, 1.165) is 18.2 Å². The quantitative estimate of drug-likeness (QED) is 0.755. The molecule has 0 saturated heterocycles. The molecule has 0 unspecified atom stereocenters. The van der Waals surface area contributed by atoms with Crippen molar-refractivity contribution in [3.8, 4) is 0 Å². The van der Waals surface area contributed by atoms with Crippen LogP contribution in [-0.2, 0) is 11.0 Å². The highest BCUT2D eigenvalue weighted by Crippen LogP contribution is 2.32. The highest BCUT2D eigenvalue weighted by atomic mass is 19.4. The maximum Gasteiger partial charge on any atom is 0.416 e. The molecule has 0 atom stereocenters. The second kappa shape index (κ2) is 4.16. The van der Waals surface area contributed by atoms with E-state index in [-0.39, 0.29) is 5.56 Å². The number of hydrogen-bond donors (Lipinski definition) is 1. The summed E-state index contributed by atoms with van der Waals surface area (Å²) in [5, 5.41) is 0. The Morgan fingerprint density at radius 2 is 1.87 bits per heavy atom. The first-order chi connectivity index (χ1) is 6.91. The smallest absolute Gasteiger partial charge is 0.366 e. The molecule has 2 nitrogen and oxygen atoms in total. The molecular weight excluding hydrogens is 207 g/mol. The summed E-state index contributed by atoms with van der Waals surface area (Å²) in [5.41, 5.74) is 3.92. The van der Waals surface area contributed by atoms with Crippen molar-refractivity contribution in [1.82, 2.24) is 0 Å². The normalized spacial score (nSPS) is 11.9. The van der Waals surface area contributed by atoms with Crippen LogP contribution in [0.4, 0.5) is 13.2 Å². The van der Waals surface area contributed by atoms with Gasteiger partial charge in [-0.1, -0.05) is 18.2 Å². The largest absolute Gasteiger partial charge is 0.416 e. The molecule has 0 aliphatic carbocycles. The number of amides is 1. The van der Waals surface area contributed by atoms with Gasteiger partial charge in [0.25, 0.3) is 0 Å². The molecule has 1 amide bonds. The van der Waals surface area contributed by atoms with Crippen LogP contribution in [0.1, 0.15) is 11.1 Å². The van der Waals surface area contributed by atoms with Crippen molar-refractivity contribution in [2.45, 2.75) is 6.18 Å². The molecule has 0 heterocycles. The SMILES string of the molecule is NC(=O)/C=C/c1ccccc1C(F)(F)F. The van der Waals surface area contributed by atoms with Gasteiger partial charge < -0.3 is 5.73 Å². The molecule has 5 heteroatoms. The average Bonchev–Trinajstić information content (AvgIpc) is 2.13. The van der Waals surface area contributed by atoms with Crippen LogP contribution in [0.5, 0.6) is 0 Å². The van der Waals surface area contributed by atoms with Crippen molar-refractivity contribution in [1.29, 1.82) is 0 Å². The van der Waals surface area contributed by atoms with E-state index in [2.05, 4.69) is 0 Å². The molecule has 0 spiro atoms. The van der Waals surface area contributed by atoms with E-state index in [1.54, 1.807) is 0 Å². The van der Waals surface area contributed by atoms with Crippen LogP contribution in [0.15, 0.2) is 30.3 Å². The Labute approximate surface area is 84.2 Å². The van der Waals surface area contributed by atoms with E-state index >= 15 is 0 Å². The number of halogens is 3. The van der Waals surface area contributed by atoms with Crippen LogP contribution >= 0.6 is 0 Å². The molecule has 80 valence electrons. The second-order valence-electron chi connectivity index (χ2n) is 2.82. The topological polar surface area (TPSA) is 43.1 Å². The number of carbonyl (C=O) groups is 1. The molecule has 1 aromatic rings. The molecule has 0 aromatic heterocycles. The maximum absolute atomic E-state index is 12.4. The highest BCUT2D eigenvalue weighted by Gasteiger charge is 2.32. The predicted molar refractivity (Wildman–Crippen MR) is 49.7 cm³/mol. The van der Waals surface area contributed by atoms with Crippen molar-refractivity contribution in [2.75, 3.05) is 0 Å². The number of rotatable bonds is 2. The molecule has 2 N–H and O–H groups in total. The zero-order chi connectivity index (χ0) is 11.5. The van der Waals surface area contributed by atoms with E-state index in [1.165, 1.54) is 18.2 Å². The number of nitrogens with two attached hydrogens (primary N) is 1. The lowest BCUT2D eigenvalue weighted by Gasteiger charge is -2.09. The Morgan fingerprint density at radius 3 is 2.40 bits per heavy atom. The van der Waals surface area contributed by atoms with Gasteiger partial charge in [-0.2, -0.15) is 13.2 Å². The van der Waals surface area contributed by atoms with E-state index in [4.69, 9.17) is 5.73 Å². The Bertz CT molecular complexity index is 396. The predicted octanol–water partition coefficient (Wildman–Crippen LogP) is 2.20. The van der Waals surface area contributed by atoms with Gasteiger partial charge in [0.1, 0.15) is 0 Å². The van der Waals surface area contributed by atoms with Crippen molar-refractivity contribution >= 4 is 12.0 Å². The summed E-state index contributed by atoms with van der Waals surface area (Å²) >= 11 is 0. The summed E-state index contributed by atoms with van der Waals surface area (Å²) in [6.45, 7) is 0. The Balaban J connectivity index is 3.13. The van der Waals surface area contributed by atoms with Crippen LogP contribution in [0.25, 0.3) is 6.08 Å². The summed E-state index contributed by atoms with van der Waals surface area (Å²) in [6, 6.07) is 4.95. The highest BCUT2D eigenvalue weighted by molar-refractivity contribution is 5.90. The zero-order valence-electron chi connectivity index (χ0n) is 7.58.